The average molecular weight is 541 g/mol. The molecule has 0 bridgehead atoms. The number of hydrogen-bond donors (Lipinski definition) is 0. The predicted molar refractivity (Wildman–Crippen MR) is 84.4 cm³/mol. The molecule has 0 heterocycles. The van der Waals surface area contributed by atoms with Gasteiger partial charge < -0.3 is 0 Å². The molecule has 0 saturated heterocycles. The van der Waals surface area contributed by atoms with Crippen LogP contribution >= 0.6 is 0 Å². The van der Waals surface area contributed by atoms with Gasteiger partial charge in [-0.05, 0) is 0 Å². The molecule has 0 radical (unpaired) electrons. The van der Waals surface area contributed by atoms with E-state index in [2.05, 4.69) is 6.58 Å². The van der Waals surface area contributed by atoms with Crippen LogP contribution in [0.4, 0.5) is 39.5 Å². The molecule has 0 unspecified atom stereocenters. The first-order valence-corrected chi connectivity index (χ1v) is 13.4. The molecule has 0 rings (SSSR count). The Morgan fingerprint density at radius 3 is 0.964 bits per heavy atom. The third kappa shape index (κ3) is 6.66. The van der Waals surface area contributed by atoms with E-state index in [-0.39, 0.29) is 0 Å². The number of halogens is 9. The van der Waals surface area contributed by atoms with Crippen molar-refractivity contribution in [3.63, 3.8) is 0 Å². The molecular formula is C15H23F9O3Sn. The number of rotatable bonds is 8. The van der Waals surface area contributed by atoms with Crippen molar-refractivity contribution in [2.24, 2.45) is 0 Å². The zero-order valence-corrected chi connectivity index (χ0v) is 19.0. The molecule has 3 nitrogen and oxygen atoms in total. The second-order valence-corrected chi connectivity index (χ2v) is 14.3. The van der Waals surface area contributed by atoms with Crippen molar-refractivity contribution in [2.75, 3.05) is 0 Å². The molecule has 0 amide bonds. The molecule has 0 aliphatic heterocycles. The fourth-order valence-electron chi connectivity index (χ4n) is 1.70. The van der Waals surface area contributed by atoms with E-state index in [0.29, 0.717) is 41.5 Å². The number of allylic oxidation sites excluding steroid dienone is 1. The van der Waals surface area contributed by atoms with Crippen LogP contribution in [0.1, 0.15) is 41.5 Å². The summed E-state index contributed by atoms with van der Waals surface area (Å²) in [5.41, 5.74) is -9.39. The molecule has 13 heteroatoms. The van der Waals surface area contributed by atoms with Gasteiger partial charge >= 0.3 is 162 Å². The fraction of sp³-hybridized carbons (Fsp3) is 0.867. The quantitative estimate of drug-likeness (QED) is 0.209. The Hall–Kier alpha value is -0.211. The molecular weight excluding hydrogens is 518 g/mol. The summed E-state index contributed by atoms with van der Waals surface area (Å²) in [5.74, 6) is 0. The van der Waals surface area contributed by atoms with E-state index in [1.807, 2.05) is 0 Å². The Labute approximate surface area is 162 Å². The zero-order valence-electron chi connectivity index (χ0n) is 16.1. The minimum atomic E-state index is -6.28. The molecule has 0 fully saturated rings. The van der Waals surface area contributed by atoms with Crippen LogP contribution in [-0.4, -0.2) is 55.0 Å². The maximum atomic E-state index is 13.3. The summed E-state index contributed by atoms with van der Waals surface area (Å²) in [6.07, 6.45) is -14.5. The van der Waals surface area contributed by atoms with Crippen molar-refractivity contribution in [3.8, 4) is 0 Å². The van der Waals surface area contributed by atoms with Gasteiger partial charge in [0.05, 0.1) is 0 Å². The van der Waals surface area contributed by atoms with Crippen LogP contribution in [0.5, 0.6) is 0 Å². The van der Waals surface area contributed by atoms with Crippen LogP contribution in [0.3, 0.4) is 0 Å². The second-order valence-electron chi connectivity index (χ2n) is 7.51. The van der Waals surface area contributed by atoms with Crippen LogP contribution in [-0.2, 0) is 9.22 Å². The Morgan fingerprint density at radius 1 is 0.607 bits per heavy atom. The van der Waals surface area contributed by atoms with Gasteiger partial charge in [0.25, 0.3) is 0 Å². The van der Waals surface area contributed by atoms with Gasteiger partial charge in [-0.3, -0.25) is 0 Å². The first kappa shape index (κ1) is 27.8. The van der Waals surface area contributed by atoms with Crippen molar-refractivity contribution in [1.29, 1.82) is 0 Å². The van der Waals surface area contributed by atoms with Crippen molar-refractivity contribution < 1.29 is 48.7 Å². The fourth-order valence-corrected chi connectivity index (χ4v) is 11.4. The van der Waals surface area contributed by atoms with Crippen LogP contribution in [0, 0.1) is 0 Å². The molecule has 0 atom stereocenters. The standard InChI is InChI=1S/3C4H6F3O.C3H5.Sn/c3*1-3(2,8)4(5,6)7;1-3-2;/h3*1-2H3;3H,1-2H2;/q3*-1;;+3. The number of hydrogen-bond acceptors (Lipinski definition) is 3. The average Bonchev–Trinajstić information content (AvgIpc) is 2.32. The maximum absolute atomic E-state index is 13.3. The molecule has 168 valence electrons. The summed E-state index contributed by atoms with van der Waals surface area (Å²) in [6, 6.07) is 0. The van der Waals surface area contributed by atoms with Crippen molar-refractivity contribution in [3.05, 3.63) is 12.7 Å². The van der Waals surface area contributed by atoms with Gasteiger partial charge in [0, 0.05) is 0 Å². The number of alkyl halides is 9. The van der Waals surface area contributed by atoms with Gasteiger partial charge in [0.15, 0.2) is 0 Å². The van der Waals surface area contributed by atoms with Crippen LogP contribution in [0.2, 0.25) is 4.44 Å². The molecule has 0 aliphatic rings. The summed E-state index contributed by atoms with van der Waals surface area (Å²) < 4.78 is 133. The summed E-state index contributed by atoms with van der Waals surface area (Å²) in [5, 5.41) is 0. The zero-order chi connectivity index (χ0) is 23.0. The van der Waals surface area contributed by atoms with Crippen molar-refractivity contribution in [1.82, 2.24) is 0 Å². The summed E-state index contributed by atoms with van der Waals surface area (Å²) in [4.78, 5) is 0. The van der Waals surface area contributed by atoms with Crippen LogP contribution < -0.4 is 0 Å². The first-order chi connectivity index (χ1) is 11.9. The minimum absolute atomic E-state index is 0.468. The summed E-state index contributed by atoms with van der Waals surface area (Å²) >= 11 is -6.28. The molecule has 0 spiro atoms. The Bertz CT molecular complexity index is 479. The van der Waals surface area contributed by atoms with Gasteiger partial charge in [-0.15, -0.1) is 0 Å². The van der Waals surface area contributed by atoms with E-state index in [4.69, 9.17) is 9.22 Å². The van der Waals surface area contributed by atoms with Gasteiger partial charge in [-0.2, -0.15) is 0 Å². The van der Waals surface area contributed by atoms with Crippen molar-refractivity contribution in [2.45, 2.75) is 81.3 Å². The normalized spacial score (nSPS) is 15.7. The third-order valence-corrected chi connectivity index (χ3v) is 13.0. The van der Waals surface area contributed by atoms with Crippen molar-refractivity contribution >= 4 is 19.6 Å². The monoisotopic (exact) mass is 542 g/mol. The van der Waals surface area contributed by atoms with E-state index in [1.54, 1.807) is 0 Å². The first-order valence-electron chi connectivity index (χ1n) is 7.85. The van der Waals surface area contributed by atoms with E-state index in [1.165, 1.54) is 0 Å². The predicted octanol–water partition coefficient (Wildman–Crippen LogP) is 6.18. The summed E-state index contributed by atoms with van der Waals surface area (Å²) in [6.45, 7) is 6.00. The van der Waals surface area contributed by atoms with Crippen LogP contribution in [0.25, 0.3) is 0 Å². The topological polar surface area (TPSA) is 27.7 Å². The Kier molecular flexibility index (Phi) is 8.08. The van der Waals surface area contributed by atoms with E-state index in [9.17, 15) is 39.5 Å². The molecule has 0 aromatic carbocycles. The molecule has 0 aromatic rings. The van der Waals surface area contributed by atoms with Crippen LogP contribution in [0.15, 0.2) is 12.7 Å². The molecule has 0 N–H and O–H groups in total. The third-order valence-electron chi connectivity index (χ3n) is 3.67. The second kappa shape index (κ2) is 8.14. The SMILES string of the molecule is C=C[CH2][Sn]([O]C(C)(C)C(F)(F)F)([O]C(C)(C)C(F)(F)F)[O]C(C)(C)C(F)(F)F. The van der Waals surface area contributed by atoms with Gasteiger partial charge in [0.2, 0.25) is 0 Å². The summed E-state index contributed by atoms with van der Waals surface area (Å²) in [7, 11) is 0. The molecule has 0 aromatic heterocycles. The Morgan fingerprint density at radius 2 is 0.821 bits per heavy atom. The van der Waals surface area contributed by atoms with Gasteiger partial charge in [0.1, 0.15) is 0 Å². The van der Waals surface area contributed by atoms with E-state index in [0.717, 1.165) is 6.08 Å². The molecule has 0 aliphatic carbocycles. The van der Waals surface area contributed by atoms with Gasteiger partial charge in [-0.25, -0.2) is 0 Å². The molecule has 28 heavy (non-hydrogen) atoms. The Balaban J connectivity index is 6.48. The van der Waals surface area contributed by atoms with E-state index < -0.39 is 59.4 Å². The molecule has 0 saturated carbocycles. The van der Waals surface area contributed by atoms with E-state index >= 15 is 0 Å². The van der Waals surface area contributed by atoms with Gasteiger partial charge in [-0.1, -0.05) is 0 Å².